The first kappa shape index (κ1) is 39.6. The summed E-state index contributed by atoms with van der Waals surface area (Å²) in [6.45, 7) is 3.82. The molecule has 8 aromatic heterocycles. The number of aryl methyl sites for hydroxylation is 3. The minimum absolute atomic E-state index is 0. The van der Waals surface area contributed by atoms with Gasteiger partial charge in [0.15, 0.2) is 0 Å². The van der Waals surface area contributed by atoms with Crippen molar-refractivity contribution in [2.75, 3.05) is 6.54 Å². The van der Waals surface area contributed by atoms with Crippen LogP contribution in [0.15, 0.2) is 76.2 Å². The van der Waals surface area contributed by atoms with E-state index in [1.807, 2.05) is 67.5 Å². The minimum atomic E-state index is 0. The van der Waals surface area contributed by atoms with E-state index in [1.54, 1.807) is 13.1 Å². The van der Waals surface area contributed by atoms with E-state index in [0.29, 0.717) is 12.5 Å². The largest absolute Gasteiger partial charge is 0.335 e. The molecule has 0 unspecified atom stereocenters. The van der Waals surface area contributed by atoms with E-state index in [2.05, 4.69) is 140 Å². The number of nitrogens with one attached hydrogen (secondary N) is 1. The van der Waals surface area contributed by atoms with Crippen LogP contribution in [0.25, 0.3) is 55.7 Å². The lowest BCUT2D eigenvalue weighted by Crippen LogP contribution is -2.37. The number of pyridine rings is 3. The number of fused-ring (bicyclic) bond motifs is 4. The van der Waals surface area contributed by atoms with Crippen LogP contribution < -0.4 is 0 Å². The van der Waals surface area contributed by atoms with Gasteiger partial charge < -0.3 is 23.6 Å². The van der Waals surface area contributed by atoms with Gasteiger partial charge in [-0.05, 0) is 132 Å². The van der Waals surface area contributed by atoms with E-state index in [0.717, 1.165) is 81.8 Å². The molecule has 0 spiro atoms. The van der Waals surface area contributed by atoms with Crippen LogP contribution in [0.4, 0.5) is 0 Å². The highest BCUT2D eigenvalue weighted by molar-refractivity contribution is 14.1. The Morgan fingerprint density at radius 3 is 2.20 bits per heavy atom. The second kappa shape index (κ2) is 16.1. The average Bonchev–Trinajstić information content (AvgIpc) is 3.40. The molecule has 0 atom stereocenters. The van der Waals surface area contributed by atoms with E-state index in [9.17, 15) is 4.79 Å². The Bertz CT molecular complexity index is 2700. The lowest BCUT2D eigenvalue weighted by Gasteiger charge is -2.28. The molecule has 9 heterocycles. The summed E-state index contributed by atoms with van der Waals surface area (Å²) in [4.78, 5) is 35.4. The monoisotopic (exact) mass is 1090 g/mol. The molecule has 1 N–H and O–H groups in total. The van der Waals surface area contributed by atoms with E-state index >= 15 is 0 Å². The van der Waals surface area contributed by atoms with Crippen LogP contribution >= 0.6 is 77.0 Å². The van der Waals surface area contributed by atoms with E-state index in [4.69, 9.17) is 4.98 Å². The van der Waals surface area contributed by atoms with Crippen LogP contribution in [0.5, 0.6) is 0 Å². The van der Waals surface area contributed by atoms with Crippen LogP contribution in [0.2, 0.25) is 0 Å². The number of halogens is 4. The number of carbonyl (C=O) groups is 1. The van der Waals surface area contributed by atoms with Crippen molar-refractivity contribution in [3.05, 3.63) is 95.1 Å². The fraction of sp³-hybridized carbons (Fsp3) is 0.282. The molecule has 10 rings (SSSR count). The predicted molar refractivity (Wildman–Crippen MR) is 242 cm³/mol. The normalized spacial score (nSPS) is 13.6. The van der Waals surface area contributed by atoms with Crippen LogP contribution in [0, 0.1) is 7.40 Å². The molecule has 2 aliphatic rings. The van der Waals surface area contributed by atoms with Gasteiger partial charge in [-0.25, -0.2) is 19.9 Å². The predicted octanol–water partition coefficient (Wildman–Crippen LogP) is 9.58. The van der Waals surface area contributed by atoms with E-state index in [1.165, 1.54) is 27.8 Å². The highest BCUT2D eigenvalue weighted by Gasteiger charge is 2.34. The number of imidazole rings is 1. The number of nitrogens with zero attached hydrogens (tertiary/aromatic N) is 10. The Labute approximate surface area is 362 Å². The number of aromatic nitrogens is 10. The number of hydrogen-bond acceptors (Lipinski definition) is 6. The Kier molecular flexibility index (Phi) is 11.6. The first-order chi connectivity index (χ1) is 26.0. The zero-order chi connectivity index (χ0) is 37.8. The number of hydrogen-bond donors (Lipinski definition) is 1. The van der Waals surface area contributed by atoms with Crippen molar-refractivity contribution < 1.29 is 4.79 Å². The van der Waals surface area contributed by atoms with Crippen molar-refractivity contribution in [1.82, 2.24) is 53.3 Å². The first-order valence-electron chi connectivity index (χ1n) is 17.3. The van der Waals surface area contributed by atoms with Gasteiger partial charge in [0.05, 0.1) is 31.0 Å². The van der Waals surface area contributed by atoms with Crippen LogP contribution in [0.3, 0.4) is 0 Å². The summed E-state index contributed by atoms with van der Waals surface area (Å²) in [5.74, 6) is 1.84. The molecule has 1 amide bonds. The number of rotatable bonds is 3. The number of amides is 1. The quantitative estimate of drug-likeness (QED) is 0.176. The molecule has 1 aliphatic heterocycles. The topological polar surface area (TPSA) is 120 Å². The van der Waals surface area contributed by atoms with Crippen molar-refractivity contribution in [3.8, 4) is 22.6 Å². The summed E-state index contributed by atoms with van der Waals surface area (Å²) in [6, 6.07) is 14.3. The van der Waals surface area contributed by atoms with Gasteiger partial charge in [0.2, 0.25) is 5.91 Å². The fourth-order valence-corrected chi connectivity index (χ4v) is 8.81. The first-order valence-corrected chi connectivity index (χ1v) is 21.1. The SMILES string of the molecule is Brc1ccnc2[nH]c(I)cc12.C.CC(=O)N1CCn2c(C3CC3)nc(-c3ccnc4c3cc(-c3ccn(C)n3)n4C)c2C1.Cn1c(I)cc2c(Br)ccnc21. The van der Waals surface area contributed by atoms with Crippen molar-refractivity contribution in [2.45, 2.75) is 46.2 Å². The van der Waals surface area contributed by atoms with Crippen molar-refractivity contribution in [2.24, 2.45) is 21.1 Å². The molecule has 0 bridgehead atoms. The van der Waals surface area contributed by atoms with Gasteiger partial charge in [0, 0.05) is 103 Å². The number of H-pyrrole nitrogens is 1. The summed E-state index contributed by atoms with van der Waals surface area (Å²) < 4.78 is 12.8. The molecule has 0 radical (unpaired) electrons. The second-order valence-electron chi connectivity index (χ2n) is 13.4. The van der Waals surface area contributed by atoms with Crippen LogP contribution in [-0.4, -0.2) is 65.8 Å². The van der Waals surface area contributed by atoms with Crippen molar-refractivity contribution >= 4 is 116 Å². The minimum Gasteiger partial charge on any atom is -0.335 e. The van der Waals surface area contributed by atoms with Gasteiger partial charge in [0.1, 0.15) is 28.5 Å². The standard InChI is InChI=1S/C23H25N7O.C8H6BrIN2.C7H4BrIN2.CH4/c1-14(31)29-10-11-30-20(13-29)21(25-22(30)15-4-5-15)16-6-8-24-23-17(16)12-19(28(23)3)18-7-9-27(2)26-18;1-12-7(10)4-5-6(9)2-3-11-8(5)12;8-5-1-2-10-7-4(5)3-6(9)11-7;/h6-9,12,15H,4-5,10-11,13H2,1-3H3;2-4H,1H3;1-3H,(H,10,11);1H4. The smallest absolute Gasteiger partial charge is 0.219 e. The van der Waals surface area contributed by atoms with Crippen LogP contribution in [0.1, 0.15) is 44.6 Å². The van der Waals surface area contributed by atoms with Gasteiger partial charge in [0.25, 0.3) is 0 Å². The third-order valence-electron chi connectivity index (χ3n) is 9.85. The maximum atomic E-state index is 12.1. The van der Waals surface area contributed by atoms with Gasteiger partial charge >= 0.3 is 0 Å². The molecule has 284 valence electrons. The second-order valence-corrected chi connectivity index (χ2v) is 17.4. The fourth-order valence-electron chi connectivity index (χ4n) is 6.88. The van der Waals surface area contributed by atoms with Crippen molar-refractivity contribution in [1.29, 1.82) is 0 Å². The highest BCUT2D eigenvalue weighted by atomic mass is 127. The lowest BCUT2D eigenvalue weighted by atomic mass is 10.1. The molecule has 12 nitrogen and oxygen atoms in total. The summed E-state index contributed by atoms with van der Waals surface area (Å²) in [5.41, 5.74) is 8.00. The molecular formula is C39H39Br2I2N11O. The van der Waals surface area contributed by atoms with Gasteiger partial charge in [-0.1, -0.05) is 7.43 Å². The third kappa shape index (κ3) is 7.75. The average molecular weight is 1090 g/mol. The summed E-state index contributed by atoms with van der Waals surface area (Å²) in [5, 5.41) is 7.95. The molecule has 1 aliphatic carbocycles. The molecular weight excluding hydrogens is 1050 g/mol. The number of aromatic amines is 1. The molecule has 16 heteroatoms. The van der Waals surface area contributed by atoms with Gasteiger partial charge in [-0.3, -0.25) is 9.48 Å². The Balaban J connectivity index is 0.000000158. The maximum Gasteiger partial charge on any atom is 0.219 e. The summed E-state index contributed by atoms with van der Waals surface area (Å²) in [6.07, 6.45) is 9.79. The summed E-state index contributed by atoms with van der Waals surface area (Å²) in [7, 11) is 5.97. The summed E-state index contributed by atoms with van der Waals surface area (Å²) >= 11 is 11.5. The molecule has 8 aromatic rings. The zero-order valence-electron chi connectivity index (χ0n) is 29.9. The maximum absolute atomic E-state index is 12.1. The van der Waals surface area contributed by atoms with Gasteiger partial charge in [-0.2, -0.15) is 5.10 Å². The molecule has 0 aromatic carbocycles. The molecule has 0 saturated heterocycles. The zero-order valence-corrected chi connectivity index (χ0v) is 37.3. The van der Waals surface area contributed by atoms with Crippen molar-refractivity contribution in [3.63, 3.8) is 0 Å². The Hall–Kier alpha value is -3.62. The van der Waals surface area contributed by atoms with Gasteiger partial charge in [-0.15, -0.1) is 0 Å². The Morgan fingerprint density at radius 1 is 0.855 bits per heavy atom. The molecule has 1 saturated carbocycles. The molecule has 1 fully saturated rings. The highest BCUT2D eigenvalue weighted by Crippen LogP contribution is 2.43. The van der Waals surface area contributed by atoms with E-state index < -0.39 is 0 Å². The molecule has 55 heavy (non-hydrogen) atoms. The third-order valence-corrected chi connectivity index (χ3v) is 12.8. The lowest BCUT2D eigenvalue weighted by molar-refractivity contribution is -0.130. The van der Waals surface area contributed by atoms with Crippen LogP contribution in [-0.2, 0) is 39.0 Å². The number of carbonyl (C=O) groups excluding carboxylic acids is 1. The Morgan fingerprint density at radius 2 is 1.55 bits per heavy atom. The van der Waals surface area contributed by atoms with E-state index in [-0.39, 0.29) is 13.3 Å².